The van der Waals surface area contributed by atoms with E-state index in [9.17, 15) is 8.42 Å². The average Bonchev–Trinajstić information content (AvgIpc) is 1.35. The summed E-state index contributed by atoms with van der Waals surface area (Å²) in [6, 6.07) is 0. The van der Waals surface area contributed by atoms with Crippen molar-refractivity contribution in [2.24, 2.45) is 0 Å². The lowest BCUT2D eigenvalue weighted by atomic mass is 12.0. The zero-order valence-electron chi connectivity index (χ0n) is 3.08. The zero-order valence-corrected chi connectivity index (χ0v) is 4.79. The summed E-state index contributed by atoms with van der Waals surface area (Å²) >= 11 is 3.01. The molecule has 0 saturated heterocycles. The first-order valence-electron chi connectivity index (χ1n) is 1.09. The molecule has 0 aromatic heterocycles. The Hall–Kier alpha value is 0.260. The Kier molecular flexibility index (Phi) is 1.89. The summed E-state index contributed by atoms with van der Waals surface area (Å²) in [4.78, 5) is 0. The first kappa shape index (κ1) is 6.26. The van der Waals surface area contributed by atoms with Crippen LogP contribution in [0.25, 0.3) is 0 Å². The van der Waals surface area contributed by atoms with Crippen LogP contribution in [0.1, 0.15) is 0 Å². The van der Waals surface area contributed by atoms with E-state index in [2.05, 4.69) is 16.5 Å². The van der Waals surface area contributed by atoms with Crippen LogP contribution in [0.2, 0.25) is 0 Å². The third kappa shape index (κ3) is 4.26. The van der Waals surface area contributed by atoms with Crippen molar-refractivity contribution in [1.82, 2.24) is 0 Å². The second-order valence-electron chi connectivity index (χ2n) is 0.779. The molecule has 0 spiro atoms. The summed E-state index contributed by atoms with van der Waals surface area (Å²) in [7, 11) is -3.30. The highest BCUT2D eigenvalue weighted by molar-refractivity contribution is 7.95. The molecule has 0 aromatic carbocycles. The Morgan fingerprint density at radius 3 is 1.83 bits per heavy atom. The molecular formula is CH4O3S2. The van der Waals surface area contributed by atoms with Gasteiger partial charge >= 0.3 is 0 Å². The Balaban J connectivity index is 3.85. The van der Waals surface area contributed by atoms with Crippen molar-refractivity contribution >= 4 is 23.0 Å². The second-order valence-corrected chi connectivity index (χ2v) is 2.78. The van der Waals surface area contributed by atoms with Crippen LogP contribution in [0.3, 0.4) is 0 Å². The van der Waals surface area contributed by atoms with Crippen molar-refractivity contribution in [2.45, 2.75) is 0 Å². The normalized spacial score (nSPS) is 11.7. The molecule has 38 valence electrons. The fraction of sp³-hybridized carbons (Fsp3) is 1.00. The van der Waals surface area contributed by atoms with Crippen molar-refractivity contribution in [3.8, 4) is 0 Å². The van der Waals surface area contributed by atoms with Gasteiger partial charge in [-0.2, -0.15) is 8.42 Å². The van der Waals surface area contributed by atoms with Crippen LogP contribution in [-0.4, -0.2) is 14.7 Å². The van der Waals surface area contributed by atoms with Gasteiger partial charge in [0.15, 0.2) is 0 Å². The van der Waals surface area contributed by atoms with Gasteiger partial charge in [0.1, 0.15) is 0 Å². The van der Waals surface area contributed by atoms with E-state index in [1.165, 1.54) is 0 Å². The van der Waals surface area contributed by atoms with E-state index < -0.39 is 10.1 Å². The van der Waals surface area contributed by atoms with Gasteiger partial charge in [-0.1, -0.05) is 0 Å². The summed E-state index contributed by atoms with van der Waals surface area (Å²) in [5, 5.41) is 0. The van der Waals surface area contributed by atoms with Crippen molar-refractivity contribution in [3.05, 3.63) is 0 Å². The summed E-state index contributed by atoms with van der Waals surface area (Å²) in [5.74, 6) is 0. The molecule has 0 aliphatic heterocycles. The Labute approximate surface area is 42.1 Å². The van der Waals surface area contributed by atoms with Crippen LogP contribution < -0.4 is 0 Å². The van der Waals surface area contributed by atoms with Gasteiger partial charge in [0, 0.05) is 0 Å². The standard InChI is InChI=1S/CH4O3S2/c1-6(2,3)4-5/h5H,1H3. The molecular weight excluding hydrogens is 124 g/mol. The predicted octanol–water partition coefficient (Wildman–Crippen LogP) is -0.193. The monoisotopic (exact) mass is 128 g/mol. The summed E-state index contributed by atoms with van der Waals surface area (Å²) in [6.07, 6.45) is 0.917. The highest BCUT2D eigenvalue weighted by atomic mass is 32.3. The van der Waals surface area contributed by atoms with E-state index in [-0.39, 0.29) is 0 Å². The van der Waals surface area contributed by atoms with E-state index in [1.807, 2.05) is 0 Å². The number of rotatable bonds is 1. The molecule has 0 amide bonds. The van der Waals surface area contributed by atoms with E-state index in [0.29, 0.717) is 0 Å². The first-order valence-corrected chi connectivity index (χ1v) is 3.27. The molecule has 0 radical (unpaired) electrons. The van der Waals surface area contributed by atoms with Crippen LogP contribution in [0.15, 0.2) is 0 Å². The molecule has 0 heterocycles. The van der Waals surface area contributed by atoms with Crippen LogP contribution in [0.5, 0.6) is 0 Å². The van der Waals surface area contributed by atoms with E-state index >= 15 is 0 Å². The third-order valence-corrected chi connectivity index (χ3v) is 1.22. The lowest BCUT2D eigenvalue weighted by Crippen LogP contribution is -1.91. The maximum absolute atomic E-state index is 9.70. The molecule has 3 nitrogen and oxygen atoms in total. The molecule has 0 aliphatic carbocycles. The van der Waals surface area contributed by atoms with E-state index in [4.69, 9.17) is 0 Å². The second kappa shape index (κ2) is 1.81. The van der Waals surface area contributed by atoms with Gasteiger partial charge < -0.3 is 0 Å². The zero-order chi connectivity index (χ0) is 5.21. The molecule has 0 fully saturated rings. The minimum atomic E-state index is -3.30. The molecule has 0 aromatic rings. The van der Waals surface area contributed by atoms with Gasteiger partial charge in [-0.3, -0.25) is 0 Å². The first-order chi connectivity index (χ1) is 2.56. The summed E-state index contributed by atoms with van der Waals surface area (Å²) < 4.78 is 23.0. The quantitative estimate of drug-likeness (QED) is 0.393. The third-order valence-electron chi connectivity index (χ3n) is 0.135. The summed E-state index contributed by atoms with van der Waals surface area (Å²) in [5.41, 5.74) is 0. The fourth-order valence-corrected chi connectivity index (χ4v) is 0. The lowest BCUT2D eigenvalue weighted by molar-refractivity contribution is 0.529. The Morgan fingerprint density at radius 2 is 1.83 bits per heavy atom. The van der Waals surface area contributed by atoms with Crippen LogP contribution in [0.4, 0.5) is 0 Å². The molecule has 6 heavy (non-hydrogen) atoms. The van der Waals surface area contributed by atoms with Gasteiger partial charge in [-0.15, -0.1) is 0 Å². The predicted molar refractivity (Wildman–Crippen MR) is 24.9 cm³/mol. The molecule has 0 atom stereocenters. The molecule has 5 heteroatoms. The summed E-state index contributed by atoms with van der Waals surface area (Å²) in [6.45, 7) is 0. The maximum atomic E-state index is 9.70. The highest BCUT2D eigenvalue weighted by Gasteiger charge is 1.92. The van der Waals surface area contributed by atoms with Gasteiger partial charge in [0.2, 0.25) is 0 Å². The smallest absolute Gasteiger partial charge is 0.201 e. The Morgan fingerprint density at radius 1 is 1.67 bits per heavy atom. The van der Waals surface area contributed by atoms with E-state index in [1.54, 1.807) is 0 Å². The van der Waals surface area contributed by atoms with Crippen molar-refractivity contribution in [3.63, 3.8) is 0 Å². The lowest BCUT2D eigenvalue weighted by Gasteiger charge is -1.81. The maximum Gasteiger partial charge on any atom is 0.274 e. The average molecular weight is 128 g/mol. The number of hydrogen-bond acceptors (Lipinski definition) is 4. The van der Waals surface area contributed by atoms with Gasteiger partial charge in [0.25, 0.3) is 10.1 Å². The number of hydrogen-bond donors (Lipinski definition) is 1. The molecule has 0 unspecified atom stereocenters. The minimum absolute atomic E-state index is 0.917. The van der Waals surface area contributed by atoms with Crippen LogP contribution in [0, 0.1) is 0 Å². The SMILES string of the molecule is CS(=O)(=O)OS. The van der Waals surface area contributed by atoms with Gasteiger partial charge in [-0.05, 0) is 12.9 Å². The van der Waals surface area contributed by atoms with Crippen molar-refractivity contribution in [1.29, 1.82) is 0 Å². The van der Waals surface area contributed by atoms with E-state index in [0.717, 1.165) is 6.26 Å². The molecule has 0 N–H and O–H groups in total. The highest BCUT2D eigenvalue weighted by Crippen LogP contribution is 1.86. The van der Waals surface area contributed by atoms with Gasteiger partial charge in [-0.25, -0.2) is 3.63 Å². The van der Waals surface area contributed by atoms with Crippen molar-refractivity contribution in [2.75, 3.05) is 6.26 Å². The molecule has 0 aliphatic rings. The van der Waals surface area contributed by atoms with Crippen LogP contribution >= 0.6 is 12.9 Å². The minimum Gasteiger partial charge on any atom is -0.201 e. The van der Waals surface area contributed by atoms with Crippen LogP contribution in [-0.2, 0) is 13.7 Å². The Bertz CT molecular complexity index is 111. The molecule has 0 saturated carbocycles. The molecule has 0 rings (SSSR count). The van der Waals surface area contributed by atoms with Crippen molar-refractivity contribution < 1.29 is 12.0 Å². The largest absolute Gasteiger partial charge is 0.274 e. The number of thiol groups is 1. The van der Waals surface area contributed by atoms with Gasteiger partial charge in [0.05, 0.1) is 6.26 Å². The molecule has 0 bridgehead atoms. The fourth-order valence-electron chi connectivity index (χ4n) is 0. The topological polar surface area (TPSA) is 43.4 Å².